The van der Waals surface area contributed by atoms with Gasteiger partial charge in [-0.2, -0.15) is 5.26 Å². The number of rotatable bonds is 4. The molecule has 0 heterocycles. The van der Waals surface area contributed by atoms with Gasteiger partial charge in [-0.05, 0) is 25.3 Å². The molecule has 1 fully saturated rings. The Morgan fingerprint density at radius 3 is 2.56 bits per heavy atom. The van der Waals surface area contributed by atoms with Crippen LogP contribution in [-0.4, -0.2) is 24.4 Å². The Hall–Kier alpha value is -1.82. The Morgan fingerprint density at radius 2 is 2.06 bits per heavy atom. The molecule has 0 spiro atoms. The van der Waals surface area contributed by atoms with E-state index in [0.29, 0.717) is 6.54 Å². The number of likely N-dealkylation sites (N-methyl/N-ethyl adjacent to an activating group) is 1. The lowest BCUT2D eigenvalue weighted by Crippen LogP contribution is -2.38. The first-order chi connectivity index (χ1) is 8.60. The average Bonchev–Trinajstić information content (AvgIpc) is 3.20. The lowest BCUT2D eigenvalue weighted by atomic mass is 9.94. The Morgan fingerprint density at radius 1 is 1.44 bits per heavy atom. The van der Waals surface area contributed by atoms with E-state index in [9.17, 15) is 4.79 Å². The van der Waals surface area contributed by atoms with E-state index in [1.54, 1.807) is 11.9 Å². The maximum Gasteiger partial charge on any atom is 0.233 e. The molecule has 0 aliphatic heterocycles. The maximum absolute atomic E-state index is 12.5. The number of hydrogen-bond acceptors (Lipinski definition) is 2. The van der Waals surface area contributed by atoms with Crippen LogP contribution >= 0.6 is 0 Å². The molecule has 3 nitrogen and oxygen atoms in total. The first-order valence-corrected chi connectivity index (χ1v) is 6.31. The summed E-state index contributed by atoms with van der Waals surface area (Å²) in [5.41, 5.74) is 0.789. The van der Waals surface area contributed by atoms with E-state index in [4.69, 9.17) is 5.26 Å². The topological polar surface area (TPSA) is 44.1 Å². The minimum atomic E-state index is -0.314. The number of benzene rings is 1. The standard InChI is InChI=1S/C15H18N2O/c1-12(10-16)11-17(2)14(18)15(8-9-15)13-6-4-3-5-7-13/h3-7,12H,8-9,11H2,1-2H3. The first kappa shape index (κ1) is 12.6. The lowest BCUT2D eigenvalue weighted by molar-refractivity contribution is -0.132. The van der Waals surface area contributed by atoms with Crippen molar-refractivity contribution in [2.45, 2.75) is 25.2 Å². The number of carbonyl (C=O) groups is 1. The molecule has 1 unspecified atom stereocenters. The van der Waals surface area contributed by atoms with E-state index in [-0.39, 0.29) is 17.2 Å². The van der Waals surface area contributed by atoms with Crippen molar-refractivity contribution < 1.29 is 4.79 Å². The molecule has 0 aromatic heterocycles. The number of hydrogen-bond donors (Lipinski definition) is 0. The number of carbonyl (C=O) groups excluding carboxylic acids is 1. The van der Waals surface area contributed by atoms with Gasteiger partial charge in [0.1, 0.15) is 0 Å². The summed E-state index contributed by atoms with van der Waals surface area (Å²) in [5.74, 6) is 0.0290. The van der Waals surface area contributed by atoms with Crippen LogP contribution in [0.1, 0.15) is 25.3 Å². The van der Waals surface area contributed by atoms with Crippen molar-refractivity contribution >= 4 is 5.91 Å². The summed E-state index contributed by atoms with van der Waals surface area (Å²) in [7, 11) is 1.79. The van der Waals surface area contributed by atoms with Crippen molar-refractivity contribution in [3.63, 3.8) is 0 Å². The van der Waals surface area contributed by atoms with Crippen molar-refractivity contribution in [2.24, 2.45) is 5.92 Å². The van der Waals surface area contributed by atoms with Crippen LogP contribution in [0.25, 0.3) is 0 Å². The predicted octanol–water partition coefficient (Wildman–Crippen LogP) is 2.34. The van der Waals surface area contributed by atoms with Crippen LogP contribution in [0, 0.1) is 17.2 Å². The number of amides is 1. The summed E-state index contributed by atoms with van der Waals surface area (Å²) in [4.78, 5) is 14.2. The molecule has 1 aliphatic carbocycles. The fourth-order valence-electron chi connectivity index (χ4n) is 2.41. The molecule has 1 aromatic carbocycles. The van der Waals surface area contributed by atoms with E-state index in [0.717, 1.165) is 18.4 Å². The zero-order valence-electron chi connectivity index (χ0n) is 10.9. The molecular weight excluding hydrogens is 224 g/mol. The molecule has 0 saturated heterocycles. The van der Waals surface area contributed by atoms with Crippen molar-refractivity contribution in [3.8, 4) is 6.07 Å². The zero-order valence-corrected chi connectivity index (χ0v) is 10.9. The van der Waals surface area contributed by atoms with Crippen LogP contribution in [0.5, 0.6) is 0 Å². The summed E-state index contributed by atoms with van der Waals surface area (Å²) < 4.78 is 0. The second-order valence-corrected chi connectivity index (χ2v) is 5.16. The maximum atomic E-state index is 12.5. The summed E-state index contributed by atoms with van der Waals surface area (Å²) in [5, 5.41) is 8.81. The number of nitrogens with zero attached hydrogens (tertiary/aromatic N) is 2. The molecule has 2 rings (SSSR count). The van der Waals surface area contributed by atoms with Crippen LogP contribution in [0.3, 0.4) is 0 Å². The molecular formula is C15H18N2O. The van der Waals surface area contributed by atoms with Crippen LogP contribution in [0.2, 0.25) is 0 Å². The molecule has 94 valence electrons. The predicted molar refractivity (Wildman–Crippen MR) is 69.8 cm³/mol. The van der Waals surface area contributed by atoms with E-state index in [1.165, 1.54) is 0 Å². The third-order valence-corrected chi connectivity index (χ3v) is 3.60. The van der Waals surface area contributed by atoms with Crippen LogP contribution in [0.15, 0.2) is 30.3 Å². The molecule has 1 saturated carbocycles. The second kappa shape index (κ2) is 4.81. The van der Waals surface area contributed by atoms with Crippen LogP contribution in [0.4, 0.5) is 0 Å². The highest BCUT2D eigenvalue weighted by Gasteiger charge is 2.52. The molecule has 1 amide bonds. The van der Waals surface area contributed by atoms with Gasteiger partial charge in [-0.25, -0.2) is 0 Å². The summed E-state index contributed by atoms with van der Waals surface area (Å²) >= 11 is 0. The van der Waals surface area contributed by atoms with E-state index in [2.05, 4.69) is 6.07 Å². The molecule has 1 atom stereocenters. The molecule has 3 heteroatoms. The van der Waals surface area contributed by atoms with Gasteiger partial charge in [0, 0.05) is 13.6 Å². The smallest absolute Gasteiger partial charge is 0.233 e. The lowest BCUT2D eigenvalue weighted by Gasteiger charge is -2.24. The Labute approximate surface area is 108 Å². The van der Waals surface area contributed by atoms with Crippen LogP contribution in [-0.2, 0) is 10.2 Å². The summed E-state index contributed by atoms with van der Waals surface area (Å²) in [6, 6.07) is 12.1. The van der Waals surface area contributed by atoms with Crippen LogP contribution < -0.4 is 0 Å². The van der Waals surface area contributed by atoms with Gasteiger partial charge >= 0.3 is 0 Å². The fraction of sp³-hybridized carbons (Fsp3) is 0.467. The molecule has 1 aromatic rings. The number of nitriles is 1. The van der Waals surface area contributed by atoms with E-state index in [1.807, 2.05) is 37.3 Å². The quantitative estimate of drug-likeness (QED) is 0.813. The van der Waals surface area contributed by atoms with Gasteiger partial charge in [-0.15, -0.1) is 0 Å². The van der Waals surface area contributed by atoms with Gasteiger partial charge in [0.25, 0.3) is 0 Å². The minimum absolute atomic E-state index is 0.120. The van der Waals surface area contributed by atoms with Crippen molar-refractivity contribution in [1.29, 1.82) is 5.26 Å². The van der Waals surface area contributed by atoms with Gasteiger partial charge in [0.2, 0.25) is 5.91 Å². The normalized spacial score (nSPS) is 17.6. The fourth-order valence-corrected chi connectivity index (χ4v) is 2.41. The Kier molecular flexibility index (Phi) is 3.38. The third kappa shape index (κ3) is 2.24. The highest BCUT2D eigenvalue weighted by Crippen LogP contribution is 2.49. The summed E-state index contributed by atoms with van der Waals surface area (Å²) in [6.07, 6.45) is 1.84. The van der Waals surface area contributed by atoms with Crippen molar-refractivity contribution in [2.75, 3.05) is 13.6 Å². The van der Waals surface area contributed by atoms with Crippen molar-refractivity contribution in [3.05, 3.63) is 35.9 Å². The molecule has 18 heavy (non-hydrogen) atoms. The Balaban J connectivity index is 2.12. The largest absolute Gasteiger partial charge is 0.344 e. The molecule has 0 bridgehead atoms. The zero-order chi connectivity index (χ0) is 13.2. The summed E-state index contributed by atoms with van der Waals surface area (Å²) in [6.45, 7) is 2.34. The second-order valence-electron chi connectivity index (χ2n) is 5.16. The van der Waals surface area contributed by atoms with Gasteiger partial charge in [-0.1, -0.05) is 30.3 Å². The molecule has 1 aliphatic rings. The Bertz CT molecular complexity index is 471. The van der Waals surface area contributed by atoms with Gasteiger partial charge in [-0.3, -0.25) is 4.79 Å². The van der Waals surface area contributed by atoms with Gasteiger partial charge < -0.3 is 4.90 Å². The highest BCUT2D eigenvalue weighted by molar-refractivity contribution is 5.91. The SMILES string of the molecule is CC(C#N)CN(C)C(=O)C1(c2ccccc2)CC1. The van der Waals surface area contributed by atoms with E-state index < -0.39 is 0 Å². The van der Waals surface area contributed by atoms with Gasteiger partial charge in [0.15, 0.2) is 0 Å². The molecule has 0 N–H and O–H groups in total. The average molecular weight is 242 g/mol. The third-order valence-electron chi connectivity index (χ3n) is 3.60. The molecule has 0 radical (unpaired) electrons. The van der Waals surface area contributed by atoms with Crippen molar-refractivity contribution in [1.82, 2.24) is 4.90 Å². The monoisotopic (exact) mass is 242 g/mol. The van der Waals surface area contributed by atoms with Gasteiger partial charge in [0.05, 0.1) is 17.4 Å². The first-order valence-electron chi connectivity index (χ1n) is 6.31. The minimum Gasteiger partial charge on any atom is -0.344 e. The van der Waals surface area contributed by atoms with E-state index >= 15 is 0 Å². The highest BCUT2D eigenvalue weighted by atomic mass is 16.2.